The molecule has 0 atom stereocenters. The SMILES string of the molecule is Cc1ccc(CNSC(F)(F)F)cc1Nc1nc2ccc(F)cc2c2c(=O)[nH]ccc12. The third-order valence-corrected chi connectivity index (χ3v) is 5.22. The van der Waals surface area contributed by atoms with E-state index in [2.05, 4.69) is 20.0 Å². The van der Waals surface area contributed by atoms with Crippen LogP contribution in [-0.2, 0) is 6.54 Å². The summed E-state index contributed by atoms with van der Waals surface area (Å²) in [6.07, 6.45) is 1.48. The minimum atomic E-state index is -4.37. The van der Waals surface area contributed by atoms with E-state index in [0.717, 1.165) is 5.56 Å². The molecule has 0 radical (unpaired) electrons. The summed E-state index contributed by atoms with van der Waals surface area (Å²) in [6.45, 7) is 1.85. The molecule has 2 aromatic heterocycles. The molecule has 160 valence electrons. The van der Waals surface area contributed by atoms with Gasteiger partial charge in [-0.25, -0.2) is 9.37 Å². The van der Waals surface area contributed by atoms with Gasteiger partial charge in [-0.3, -0.25) is 9.52 Å². The second-order valence-electron chi connectivity index (χ2n) is 6.86. The van der Waals surface area contributed by atoms with Gasteiger partial charge in [0.25, 0.3) is 5.56 Å². The zero-order valence-electron chi connectivity index (χ0n) is 16.1. The minimum Gasteiger partial charge on any atom is -0.339 e. The van der Waals surface area contributed by atoms with Crippen LogP contribution in [0.25, 0.3) is 21.7 Å². The van der Waals surface area contributed by atoms with E-state index >= 15 is 0 Å². The molecule has 10 heteroatoms. The van der Waals surface area contributed by atoms with Crippen molar-refractivity contribution in [2.45, 2.75) is 19.0 Å². The smallest absolute Gasteiger partial charge is 0.339 e. The fourth-order valence-electron chi connectivity index (χ4n) is 3.27. The van der Waals surface area contributed by atoms with Crippen LogP contribution < -0.4 is 15.6 Å². The first-order valence-corrected chi connectivity index (χ1v) is 9.98. The summed E-state index contributed by atoms with van der Waals surface area (Å²) >= 11 is -0.303. The summed E-state index contributed by atoms with van der Waals surface area (Å²) in [6, 6.07) is 10.9. The van der Waals surface area contributed by atoms with Crippen LogP contribution in [0.4, 0.5) is 29.1 Å². The Bertz CT molecular complexity index is 1340. The number of aromatic nitrogens is 2. The predicted octanol–water partition coefficient (Wildman–Crippen LogP) is 5.53. The zero-order chi connectivity index (χ0) is 22.2. The average molecular weight is 448 g/mol. The number of H-pyrrole nitrogens is 1. The molecule has 3 N–H and O–H groups in total. The molecule has 0 aliphatic carbocycles. The van der Waals surface area contributed by atoms with Crippen LogP contribution in [0.2, 0.25) is 0 Å². The highest BCUT2D eigenvalue weighted by Gasteiger charge is 2.28. The number of hydrogen-bond donors (Lipinski definition) is 3. The summed E-state index contributed by atoms with van der Waals surface area (Å²) in [5.41, 5.74) is -2.21. The van der Waals surface area contributed by atoms with Gasteiger partial charge in [-0.1, -0.05) is 12.1 Å². The molecule has 0 spiro atoms. The molecule has 0 aliphatic heterocycles. The van der Waals surface area contributed by atoms with Gasteiger partial charge in [-0.15, -0.1) is 0 Å². The maximum absolute atomic E-state index is 13.8. The number of nitrogens with one attached hydrogen (secondary N) is 3. The molecular formula is C21H16F4N4OS. The number of anilines is 2. The molecule has 0 saturated carbocycles. The van der Waals surface area contributed by atoms with Gasteiger partial charge in [0.05, 0.1) is 10.9 Å². The Morgan fingerprint density at radius 3 is 2.68 bits per heavy atom. The number of nitrogens with zero attached hydrogens (tertiary/aromatic N) is 1. The number of rotatable bonds is 5. The van der Waals surface area contributed by atoms with Gasteiger partial charge in [-0.05, 0) is 48.4 Å². The number of benzene rings is 2. The Balaban J connectivity index is 1.75. The van der Waals surface area contributed by atoms with Crippen LogP contribution in [0.3, 0.4) is 0 Å². The largest absolute Gasteiger partial charge is 0.456 e. The van der Waals surface area contributed by atoms with Crippen molar-refractivity contribution in [2.75, 3.05) is 5.32 Å². The highest BCUT2D eigenvalue weighted by Crippen LogP contribution is 2.31. The number of hydrogen-bond acceptors (Lipinski definition) is 5. The Morgan fingerprint density at radius 2 is 1.90 bits per heavy atom. The first-order valence-electron chi connectivity index (χ1n) is 9.16. The lowest BCUT2D eigenvalue weighted by molar-refractivity contribution is -0.0336. The van der Waals surface area contributed by atoms with Gasteiger partial charge in [0.15, 0.2) is 0 Å². The highest BCUT2D eigenvalue weighted by atomic mass is 32.2. The van der Waals surface area contributed by atoms with E-state index in [0.29, 0.717) is 38.7 Å². The number of fused-ring (bicyclic) bond motifs is 3. The monoisotopic (exact) mass is 448 g/mol. The summed E-state index contributed by atoms with van der Waals surface area (Å²) < 4.78 is 53.1. The lowest BCUT2D eigenvalue weighted by atomic mass is 10.1. The summed E-state index contributed by atoms with van der Waals surface area (Å²) in [5.74, 6) is -0.0922. The number of aromatic amines is 1. The molecule has 31 heavy (non-hydrogen) atoms. The van der Waals surface area contributed by atoms with Crippen molar-refractivity contribution in [3.8, 4) is 0 Å². The number of halogens is 4. The molecule has 0 fully saturated rings. The van der Waals surface area contributed by atoms with Gasteiger partial charge in [0, 0.05) is 41.1 Å². The molecule has 0 aliphatic rings. The van der Waals surface area contributed by atoms with E-state index in [1.807, 2.05) is 6.92 Å². The van der Waals surface area contributed by atoms with E-state index < -0.39 is 11.3 Å². The summed E-state index contributed by atoms with van der Waals surface area (Å²) in [5, 5.41) is 4.37. The third kappa shape index (κ3) is 4.64. The normalized spacial score (nSPS) is 11.9. The second kappa shape index (κ2) is 8.20. The summed E-state index contributed by atoms with van der Waals surface area (Å²) in [4.78, 5) is 19.6. The van der Waals surface area contributed by atoms with Gasteiger partial charge in [0.2, 0.25) is 0 Å². The average Bonchev–Trinajstić information content (AvgIpc) is 2.70. The number of pyridine rings is 2. The quantitative estimate of drug-likeness (QED) is 0.213. The standard InChI is InChI=1S/C21H16F4N4OS/c1-11-2-3-12(10-27-31-21(23,24)25)8-17(11)29-19-14-6-7-26-20(30)18(14)15-9-13(22)4-5-16(15)28-19/h2-9,27H,10H2,1H3,(H,26,30)(H,28,29). The van der Waals surface area contributed by atoms with Crippen molar-refractivity contribution < 1.29 is 17.6 Å². The van der Waals surface area contributed by atoms with Crippen LogP contribution >= 0.6 is 11.9 Å². The van der Waals surface area contributed by atoms with Gasteiger partial charge < -0.3 is 10.3 Å². The third-order valence-electron chi connectivity index (χ3n) is 4.70. The van der Waals surface area contributed by atoms with Crippen LogP contribution in [-0.4, -0.2) is 15.5 Å². The number of aryl methyl sites for hydroxylation is 1. The fraction of sp³-hybridized carbons (Fsp3) is 0.143. The van der Waals surface area contributed by atoms with Crippen molar-refractivity contribution in [1.82, 2.24) is 14.7 Å². The van der Waals surface area contributed by atoms with Gasteiger partial charge in [0.1, 0.15) is 11.6 Å². The van der Waals surface area contributed by atoms with Crippen LogP contribution in [0, 0.1) is 12.7 Å². The molecule has 0 saturated heterocycles. The van der Waals surface area contributed by atoms with E-state index in [1.54, 1.807) is 24.3 Å². The Labute approximate surface area is 178 Å². The molecule has 4 rings (SSSR count). The van der Waals surface area contributed by atoms with Crippen LogP contribution in [0.15, 0.2) is 53.5 Å². The lowest BCUT2D eigenvalue weighted by Gasteiger charge is -2.14. The van der Waals surface area contributed by atoms with E-state index in [-0.39, 0.29) is 24.1 Å². The van der Waals surface area contributed by atoms with Crippen molar-refractivity contribution in [1.29, 1.82) is 0 Å². The molecule has 0 unspecified atom stereocenters. The van der Waals surface area contributed by atoms with Crippen molar-refractivity contribution >= 4 is 45.1 Å². The zero-order valence-corrected chi connectivity index (χ0v) is 16.9. The van der Waals surface area contributed by atoms with E-state index in [9.17, 15) is 22.4 Å². The summed E-state index contributed by atoms with van der Waals surface area (Å²) in [7, 11) is 0. The van der Waals surface area contributed by atoms with Gasteiger partial charge in [-0.2, -0.15) is 13.2 Å². The molecule has 2 aromatic carbocycles. The van der Waals surface area contributed by atoms with Crippen LogP contribution in [0.5, 0.6) is 0 Å². The maximum atomic E-state index is 13.8. The fourth-order valence-corrected chi connectivity index (χ4v) is 3.67. The van der Waals surface area contributed by atoms with Gasteiger partial charge >= 0.3 is 5.51 Å². The molecule has 0 bridgehead atoms. The van der Waals surface area contributed by atoms with E-state index in [1.165, 1.54) is 24.4 Å². The minimum absolute atomic E-state index is 0.00395. The lowest BCUT2D eigenvalue weighted by Crippen LogP contribution is -2.13. The van der Waals surface area contributed by atoms with E-state index in [4.69, 9.17) is 0 Å². The van der Waals surface area contributed by atoms with Crippen molar-refractivity contribution in [3.05, 3.63) is 76.0 Å². The Kier molecular flexibility index (Phi) is 5.59. The first-order chi connectivity index (χ1) is 14.7. The number of alkyl halides is 3. The van der Waals surface area contributed by atoms with Crippen LogP contribution in [0.1, 0.15) is 11.1 Å². The molecule has 4 aromatic rings. The topological polar surface area (TPSA) is 69.8 Å². The maximum Gasteiger partial charge on any atom is 0.456 e. The highest BCUT2D eigenvalue weighted by molar-refractivity contribution is 7.98. The second-order valence-corrected chi connectivity index (χ2v) is 7.82. The molecule has 0 amide bonds. The molecule has 2 heterocycles. The van der Waals surface area contributed by atoms with Crippen molar-refractivity contribution in [3.63, 3.8) is 0 Å². The Hall–Kier alpha value is -3.11. The Morgan fingerprint density at radius 1 is 1.10 bits per heavy atom. The first kappa shape index (κ1) is 21.1. The molecule has 5 nitrogen and oxygen atoms in total. The van der Waals surface area contributed by atoms with Crippen molar-refractivity contribution in [2.24, 2.45) is 0 Å². The molecular weight excluding hydrogens is 432 g/mol. The predicted molar refractivity (Wildman–Crippen MR) is 115 cm³/mol.